The van der Waals surface area contributed by atoms with Gasteiger partial charge in [0, 0.05) is 12.7 Å². The van der Waals surface area contributed by atoms with Crippen LogP contribution in [0.3, 0.4) is 0 Å². The molecule has 1 heterocycles. The van der Waals surface area contributed by atoms with Gasteiger partial charge in [-0.1, -0.05) is 6.92 Å². The quantitative estimate of drug-likeness (QED) is 0.824. The predicted octanol–water partition coefficient (Wildman–Crippen LogP) is 2.62. The van der Waals surface area contributed by atoms with Gasteiger partial charge in [-0.2, -0.15) is 0 Å². The normalized spacial score (nSPS) is 11.2. The molecular formula is C14H22N2O3. The molecule has 19 heavy (non-hydrogen) atoms. The predicted molar refractivity (Wildman–Crippen MR) is 74.4 cm³/mol. The van der Waals surface area contributed by atoms with Crippen LogP contribution in [0.2, 0.25) is 0 Å². The van der Waals surface area contributed by atoms with Crippen LogP contribution in [0.1, 0.15) is 34.1 Å². The van der Waals surface area contributed by atoms with Crippen molar-refractivity contribution in [3.8, 4) is 5.88 Å². The van der Waals surface area contributed by atoms with E-state index in [4.69, 9.17) is 9.47 Å². The van der Waals surface area contributed by atoms with E-state index in [-0.39, 0.29) is 5.91 Å². The minimum absolute atomic E-state index is 0.196. The third-order valence-corrected chi connectivity index (χ3v) is 2.50. The molecule has 5 nitrogen and oxygen atoms in total. The number of nitrogens with zero attached hydrogens (tertiary/aromatic N) is 1. The summed E-state index contributed by atoms with van der Waals surface area (Å²) in [6.45, 7) is 8.48. The molecule has 0 aliphatic rings. The van der Waals surface area contributed by atoms with Crippen molar-refractivity contribution in [2.45, 2.75) is 39.7 Å². The zero-order valence-corrected chi connectivity index (χ0v) is 12.0. The summed E-state index contributed by atoms with van der Waals surface area (Å²) in [6, 6.07) is 3.50. The largest absolute Gasteiger partial charge is 0.478 e. The van der Waals surface area contributed by atoms with Crippen molar-refractivity contribution >= 4 is 11.6 Å². The summed E-state index contributed by atoms with van der Waals surface area (Å²) in [6.07, 6.45) is 2.51. The van der Waals surface area contributed by atoms with E-state index in [0.717, 1.165) is 6.42 Å². The maximum Gasteiger partial charge on any atom is 0.256 e. The standard InChI is InChI=1S/C14H22N2O3/c1-5-9-18-12-8-7-11(10-15-12)16-13(17)14(3,4)19-6-2/h7-8,10H,5-6,9H2,1-4H3,(H,16,17). The minimum atomic E-state index is -0.855. The number of aromatic nitrogens is 1. The number of hydrogen-bond donors (Lipinski definition) is 1. The smallest absolute Gasteiger partial charge is 0.256 e. The highest BCUT2D eigenvalue weighted by Gasteiger charge is 2.27. The third kappa shape index (κ3) is 4.87. The van der Waals surface area contributed by atoms with Crippen LogP contribution >= 0.6 is 0 Å². The van der Waals surface area contributed by atoms with Gasteiger partial charge in [0.05, 0.1) is 18.5 Å². The van der Waals surface area contributed by atoms with Gasteiger partial charge in [-0.05, 0) is 33.3 Å². The van der Waals surface area contributed by atoms with E-state index in [1.54, 1.807) is 32.2 Å². The van der Waals surface area contributed by atoms with Gasteiger partial charge in [-0.25, -0.2) is 4.98 Å². The number of anilines is 1. The molecular weight excluding hydrogens is 244 g/mol. The van der Waals surface area contributed by atoms with Crippen LogP contribution < -0.4 is 10.1 Å². The van der Waals surface area contributed by atoms with E-state index >= 15 is 0 Å². The first kappa shape index (κ1) is 15.4. The highest BCUT2D eigenvalue weighted by molar-refractivity contribution is 5.96. The molecule has 0 aliphatic heterocycles. The second kappa shape index (κ2) is 7.09. The molecule has 1 rings (SSSR count). The van der Waals surface area contributed by atoms with Gasteiger partial charge in [0.25, 0.3) is 5.91 Å². The van der Waals surface area contributed by atoms with Gasteiger partial charge in [-0.15, -0.1) is 0 Å². The molecule has 0 saturated heterocycles. The topological polar surface area (TPSA) is 60.5 Å². The van der Waals surface area contributed by atoms with E-state index in [0.29, 0.717) is 24.8 Å². The fourth-order valence-corrected chi connectivity index (χ4v) is 1.45. The summed E-state index contributed by atoms with van der Waals surface area (Å²) in [5.74, 6) is 0.363. The zero-order valence-electron chi connectivity index (χ0n) is 12.0. The first-order valence-corrected chi connectivity index (χ1v) is 6.54. The maximum atomic E-state index is 12.0. The Morgan fingerprint density at radius 2 is 2.11 bits per heavy atom. The first-order chi connectivity index (χ1) is 8.99. The Labute approximate surface area is 114 Å². The van der Waals surface area contributed by atoms with Crippen molar-refractivity contribution in [1.82, 2.24) is 4.98 Å². The van der Waals surface area contributed by atoms with Gasteiger partial charge in [0.1, 0.15) is 5.60 Å². The summed E-state index contributed by atoms with van der Waals surface area (Å²) < 4.78 is 10.8. The lowest BCUT2D eigenvalue weighted by Crippen LogP contribution is -2.39. The number of ether oxygens (including phenoxy) is 2. The van der Waals surface area contributed by atoms with E-state index in [1.807, 2.05) is 13.8 Å². The number of pyridine rings is 1. The summed E-state index contributed by atoms with van der Waals surface area (Å²) in [4.78, 5) is 16.1. The summed E-state index contributed by atoms with van der Waals surface area (Å²) >= 11 is 0. The first-order valence-electron chi connectivity index (χ1n) is 6.54. The van der Waals surface area contributed by atoms with E-state index in [1.165, 1.54) is 0 Å². The van der Waals surface area contributed by atoms with Crippen molar-refractivity contribution in [3.63, 3.8) is 0 Å². The van der Waals surface area contributed by atoms with Crippen LogP contribution in [0.4, 0.5) is 5.69 Å². The number of rotatable bonds is 7. The lowest BCUT2D eigenvalue weighted by atomic mass is 10.1. The number of hydrogen-bond acceptors (Lipinski definition) is 4. The van der Waals surface area contributed by atoms with Crippen LogP contribution in [0, 0.1) is 0 Å². The highest BCUT2D eigenvalue weighted by atomic mass is 16.5. The molecule has 106 valence electrons. The van der Waals surface area contributed by atoms with E-state index < -0.39 is 5.60 Å². The van der Waals surface area contributed by atoms with Gasteiger partial charge in [0.2, 0.25) is 5.88 Å². The lowest BCUT2D eigenvalue weighted by molar-refractivity contribution is -0.136. The average molecular weight is 266 g/mol. The molecule has 0 radical (unpaired) electrons. The molecule has 1 aromatic heterocycles. The van der Waals surface area contributed by atoms with Crippen molar-refractivity contribution in [3.05, 3.63) is 18.3 Å². The third-order valence-electron chi connectivity index (χ3n) is 2.50. The Balaban J connectivity index is 2.60. The molecule has 1 aromatic rings. The van der Waals surface area contributed by atoms with Gasteiger partial charge in [-0.3, -0.25) is 4.79 Å². The monoisotopic (exact) mass is 266 g/mol. The molecule has 0 bridgehead atoms. The number of amides is 1. The van der Waals surface area contributed by atoms with Crippen molar-refractivity contribution in [2.24, 2.45) is 0 Å². The molecule has 0 fully saturated rings. The van der Waals surface area contributed by atoms with Crippen molar-refractivity contribution in [1.29, 1.82) is 0 Å². The van der Waals surface area contributed by atoms with Gasteiger partial charge in [0.15, 0.2) is 0 Å². The molecule has 0 aromatic carbocycles. The SMILES string of the molecule is CCCOc1ccc(NC(=O)C(C)(C)OCC)cn1. The summed E-state index contributed by atoms with van der Waals surface area (Å²) in [5, 5.41) is 2.77. The lowest BCUT2D eigenvalue weighted by Gasteiger charge is -2.23. The molecule has 5 heteroatoms. The Hall–Kier alpha value is -1.62. The van der Waals surface area contributed by atoms with Crippen LogP contribution in [-0.2, 0) is 9.53 Å². The van der Waals surface area contributed by atoms with E-state index in [2.05, 4.69) is 10.3 Å². The highest BCUT2D eigenvalue weighted by Crippen LogP contribution is 2.16. The fraction of sp³-hybridized carbons (Fsp3) is 0.571. The van der Waals surface area contributed by atoms with Crippen LogP contribution in [0.15, 0.2) is 18.3 Å². The maximum absolute atomic E-state index is 12.0. The molecule has 0 saturated carbocycles. The zero-order chi connectivity index (χ0) is 14.3. The Kier molecular flexibility index (Phi) is 5.76. The molecule has 0 spiro atoms. The molecule has 1 amide bonds. The Bertz CT molecular complexity index is 402. The average Bonchev–Trinajstić information content (AvgIpc) is 2.38. The Morgan fingerprint density at radius 3 is 2.63 bits per heavy atom. The second-order valence-corrected chi connectivity index (χ2v) is 4.63. The Morgan fingerprint density at radius 1 is 1.37 bits per heavy atom. The van der Waals surface area contributed by atoms with Crippen LogP contribution in [0.5, 0.6) is 5.88 Å². The van der Waals surface area contributed by atoms with Gasteiger partial charge < -0.3 is 14.8 Å². The van der Waals surface area contributed by atoms with Crippen molar-refractivity contribution in [2.75, 3.05) is 18.5 Å². The molecule has 0 aliphatic carbocycles. The second-order valence-electron chi connectivity index (χ2n) is 4.63. The number of carbonyl (C=O) groups excluding carboxylic acids is 1. The van der Waals surface area contributed by atoms with Gasteiger partial charge >= 0.3 is 0 Å². The van der Waals surface area contributed by atoms with Crippen LogP contribution in [-0.4, -0.2) is 29.7 Å². The summed E-state index contributed by atoms with van der Waals surface area (Å²) in [5.41, 5.74) is -0.229. The molecule has 0 unspecified atom stereocenters. The van der Waals surface area contributed by atoms with Crippen LogP contribution in [0.25, 0.3) is 0 Å². The minimum Gasteiger partial charge on any atom is -0.478 e. The molecule has 0 atom stereocenters. The van der Waals surface area contributed by atoms with Crippen molar-refractivity contribution < 1.29 is 14.3 Å². The summed E-state index contributed by atoms with van der Waals surface area (Å²) in [7, 11) is 0. The molecule has 1 N–H and O–H groups in total. The number of carbonyl (C=O) groups is 1. The number of nitrogens with one attached hydrogen (secondary N) is 1. The fourth-order valence-electron chi connectivity index (χ4n) is 1.45. The van der Waals surface area contributed by atoms with E-state index in [9.17, 15) is 4.79 Å².